The van der Waals surface area contributed by atoms with Crippen molar-refractivity contribution < 1.29 is 4.79 Å². The van der Waals surface area contributed by atoms with Gasteiger partial charge in [-0.15, -0.1) is 22.0 Å². The quantitative estimate of drug-likeness (QED) is 0.586. The van der Waals surface area contributed by atoms with Crippen LogP contribution < -0.4 is 5.32 Å². The van der Waals surface area contributed by atoms with Gasteiger partial charge in [0.05, 0.1) is 5.75 Å². The van der Waals surface area contributed by atoms with Gasteiger partial charge in [0.15, 0.2) is 0 Å². The van der Waals surface area contributed by atoms with E-state index in [-0.39, 0.29) is 5.91 Å². The lowest BCUT2D eigenvalue weighted by Gasteiger charge is -2.15. The number of aromatic nitrogens is 4. The van der Waals surface area contributed by atoms with Crippen molar-refractivity contribution >= 4 is 45.9 Å². The zero-order valence-electron chi connectivity index (χ0n) is 14.7. The molecule has 9 heteroatoms. The van der Waals surface area contributed by atoms with Crippen molar-refractivity contribution in [1.29, 1.82) is 0 Å². The van der Waals surface area contributed by atoms with Gasteiger partial charge in [-0.2, -0.15) is 0 Å². The van der Waals surface area contributed by atoms with Crippen molar-refractivity contribution in [2.45, 2.75) is 61.8 Å². The number of nitrogens with one attached hydrogen (secondary N) is 1. The van der Waals surface area contributed by atoms with Crippen LogP contribution in [-0.4, -0.2) is 37.1 Å². The maximum absolute atomic E-state index is 12.2. The highest BCUT2D eigenvalue weighted by Gasteiger charge is 2.33. The fourth-order valence-electron chi connectivity index (χ4n) is 2.81. The summed E-state index contributed by atoms with van der Waals surface area (Å²) in [6.45, 7) is 8.35. The van der Waals surface area contributed by atoms with Crippen LogP contribution in [0, 0.1) is 6.92 Å². The second-order valence-corrected chi connectivity index (χ2v) is 9.22. The van der Waals surface area contributed by atoms with Crippen molar-refractivity contribution in [3.05, 3.63) is 16.4 Å². The minimum atomic E-state index is -0.0828. The van der Waals surface area contributed by atoms with Gasteiger partial charge in [0.25, 0.3) is 0 Å². The Kier molecular flexibility index (Phi) is 5.96. The number of nitrogens with zero attached hydrogens (tertiary/aromatic N) is 4. The molecule has 0 saturated heterocycles. The van der Waals surface area contributed by atoms with Crippen LogP contribution >= 0.6 is 34.9 Å². The molecule has 0 radical (unpaired) electrons. The molecule has 1 aliphatic heterocycles. The molecule has 2 atom stereocenters. The van der Waals surface area contributed by atoms with E-state index in [9.17, 15) is 4.79 Å². The summed E-state index contributed by atoms with van der Waals surface area (Å²) in [6, 6.07) is 0. The first-order chi connectivity index (χ1) is 12.0. The van der Waals surface area contributed by atoms with Crippen molar-refractivity contribution in [2.24, 2.45) is 0 Å². The smallest absolute Gasteiger partial charge is 0.236 e. The molecule has 3 rings (SSSR count). The maximum atomic E-state index is 12.2. The van der Waals surface area contributed by atoms with Gasteiger partial charge in [0, 0.05) is 16.7 Å². The van der Waals surface area contributed by atoms with Crippen molar-refractivity contribution in [1.82, 2.24) is 20.2 Å². The fourth-order valence-corrected chi connectivity index (χ4v) is 5.92. The number of rotatable bonds is 6. The van der Waals surface area contributed by atoms with Crippen LogP contribution in [0.4, 0.5) is 5.13 Å². The first kappa shape index (κ1) is 18.6. The summed E-state index contributed by atoms with van der Waals surface area (Å²) in [5.74, 6) is 1.43. The highest BCUT2D eigenvalue weighted by atomic mass is 32.2. The van der Waals surface area contributed by atoms with E-state index in [0.717, 1.165) is 33.7 Å². The van der Waals surface area contributed by atoms with E-state index in [4.69, 9.17) is 0 Å². The van der Waals surface area contributed by atoms with Crippen molar-refractivity contribution in [2.75, 3.05) is 11.1 Å². The van der Waals surface area contributed by atoms with E-state index >= 15 is 0 Å². The number of fused-ring (bicyclic) bond motifs is 1. The number of amides is 1. The lowest BCUT2D eigenvalue weighted by molar-refractivity contribution is -0.113. The molecule has 0 aromatic carbocycles. The summed E-state index contributed by atoms with van der Waals surface area (Å²) in [6.07, 6.45) is 1.88. The number of carbonyl (C=O) groups excluding carboxylic acids is 1. The number of aryl methyl sites for hydroxylation is 2. The Balaban J connectivity index is 1.70. The van der Waals surface area contributed by atoms with Gasteiger partial charge in [-0.3, -0.25) is 10.1 Å². The Bertz CT molecular complexity index is 779. The minimum Gasteiger partial charge on any atom is -0.300 e. The van der Waals surface area contributed by atoms with Gasteiger partial charge in [-0.05, 0) is 19.8 Å². The predicted octanol–water partition coefficient (Wildman–Crippen LogP) is 3.92. The van der Waals surface area contributed by atoms with Gasteiger partial charge in [0.2, 0.25) is 11.0 Å². The van der Waals surface area contributed by atoms with Crippen LogP contribution in [0.2, 0.25) is 0 Å². The lowest BCUT2D eigenvalue weighted by atomic mass is 9.96. The second-order valence-electron chi connectivity index (χ2n) is 5.82. The highest BCUT2D eigenvalue weighted by Crippen LogP contribution is 2.48. The first-order valence-electron chi connectivity index (χ1n) is 8.32. The number of thioether (sulfide) groups is 2. The van der Waals surface area contributed by atoms with E-state index < -0.39 is 0 Å². The molecule has 0 bridgehead atoms. The summed E-state index contributed by atoms with van der Waals surface area (Å²) in [7, 11) is 0. The SMILES string of the molecule is CCc1nnc(NC(=O)CSc2nc(C)nc3c2[C@@H](CC)[C@@H](C)S3)s1. The second kappa shape index (κ2) is 8.01. The first-order valence-corrected chi connectivity index (χ1v) is 11.0. The summed E-state index contributed by atoms with van der Waals surface area (Å²) in [5.41, 5.74) is 1.22. The van der Waals surface area contributed by atoms with E-state index in [1.165, 1.54) is 28.7 Å². The van der Waals surface area contributed by atoms with Gasteiger partial charge in [-0.25, -0.2) is 9.97 Å². The fraction of sp³-hybridized carbons (Fsp3) is 0.562. The molecule has 2 aromatic heterocycles. The van der Waals surface area contributed by atoms with Crippen molar-refractivity contribution in [3.63, 3.8) is 0 Å². The van der Waals surface area contributed by atoms with Gasteiger partial charge >= 0.3 is 0 Å². The molecule has 6 nitrogen and oxygen atoms in total. The van der Waals surface area contributed by atoms with E-state index in [1.807, 2.05) is 25.6 Å². The number of carbonyl (C=O) groups is 1. The minimum absolute atomic E-state index is 0.0828. The molecular weight excluding hydrogens is 374 g/mol. The maximum Gasteiger partial charge on any atom is 0.236 e. The molecule has 0 unspecified atom stereocenters. The molecule has 0 spiro atoms. The third-order valence-corrected chi connectivity index (χ3v) is 7.23. The zero-order chi connectivity index (χ0) is 18.0. The Morgan fingerprint density at radius 1 is 1.28 bits per heavy atom. The van der Waals surface area contributed by atoms with Crippen molar-refractivity contribution in [3.8, 4) is 0 Å². The molecule has 1 N–H and O–H groups in total. The molecule has 0 saturated carbocycles. The highest BCUT2D eigenvalue weighted by molar-refractivity contribution is 8.01. The van der Waals surface area contributed by atoms with Crippen LogP contribution in [0.1, 0.15) is 49.5 Å². The van der Waals surface area contributed by atoms with Gasteiger partial charge in [0.1, 0.15) is 20.9 Å². The zero-order valence-corrected chi connectivity index (χ0v) is 17.1. The average molecular weight is 396 g/mol. The predicted molar refractivity (Wildman–Crippen MR) is 104 cm³/mol. The Morgan fingerprint density at radius 3 is 2.76 bits per heavy atom. The lowest BCUT2D eigenvalue weighted by Crippen LogP contribution is -2.15. The molecule has 1 aliphatic rings. The van der Waals surface area contributed by atoms with E-state index in [0.29, 0.717) is 22.1 Å². The summed E-state index contributed by atoms with van der Waals surface area (Å²) in [5, 5.41) is 14.8. The average Bonchev–Trinajstić information content (AvgIpc) is 3.15. The monoisotopic (exact) mass is 395 g/mol. The van der Waals surface area contributed by atoms with Crippen LogP contribution in [0.25, 0.3) is 0 Å². The molecule has 1 amide bonds. The summed E-state index contributed by atoms with van der Waals surface area (Å²) < 4.78 is 0. The summed E-state index contributed by atoms with van der Waals surface area (Å²) >= 11 is 4.71. The topological polar surface area (TPSA) is 80.7 Å². The van der Waals surface area contributed by atoms with Crippen LogP contribution in [0.5, 0.6) is 0 Å². The third-order valence-electron chi connectivity index (χ3n) is 4.02. The summed E-state index contributed by atoms with van der Waals surface area (Å²) in [4.78, 5) is 21.4. The molecular formula is C16H21N5OS3. The third kappa shape index (κ3) is 4.15. The van der Waals surface area contributed by atoms with Crippen LogP contribution in [0.3, 0.4) is 0 Å². The van der Waals surface area contributed by atoms with E-state index in [2.05, 4.69) is 39.3 Å². The molecule has 0 aliphatic carbocycles. The molecule has 25 heavy (non-hydrogen) atoms. The van der Waals surface area contributed by atoms with Gasteiger partial charge < -0.3 is 0 Å². The molecule has 3 heterocycles. The van der Waals surface area contributed by atoms with Crippen LogP contribution in [-0.2, 0) is 11.2 Å². The standard InChI is InChI=1S/C16H21N5OS3/c1-5-10-8(3)24-15-13(10)14(17-9(4)18-15)23-7-11(22)19-16-21-20-12(6-2)25-16/h8,10H,5-7H2,1-4H3,(H,19,21,22)/t8-,10+/m1/s1. The number of anilines is 1. The Hall–Kier alpha value is -1.19. The molecule has 2 aromatic rings. The largest absolute Gasteiger partial charge is 0.300 e. The molecule has 134 valence electrons. The number of hydrogen-bond donors (Lipinski definition) is 1. The normalized spacial score (nSPS) is 19.0. The van der Waals surface area contributed by atoms with Gasteiger partial charge in [-0.1, -0.05) is 43.9 Å². The molecule has 0 fully saturated rings. The number of hydrogen-bond acceptors (Lipinski definition) is 8. The van der Waals surface area contributed by atoms with Crippen LogP contribution in [0.15, 0.2) is 10.1 Å². The Morgan fingerprint density at radius 2 is 2.08 bits per heavy atom. The Labute approximate surface area is 160 Å². The van der Waals surface area contributed by atoms with E-state index in [1.54, 1.807) is 0 Å².